The van der Waals surface area contributed by atoms with Crippen LogP contribution in [0.2, 0.25) is 0 Å². The molecule has 1 aliphatic heterocycles. The van der Waals surface area contributed by atoms with Gasteiger partial charge in [-0.3, -0.25) is 4.79 Å². The number of piperidine rings is 1. The van der Waals surface area contributed by atoms with E-state index in [1.165, 1.54) is 18.2 Å². The van der Waals surface area contributed by atoms with Gasteiger partial charge in [-0.15, -0.1) is 6.42 Å². The standard InChI is InChI=1S/C22H24N4O4S/c1-2-13-23-31(29,30)20-10-6-7-17(16-20)21(27)24-19-11-14-26(15-12-19)22(28)25-18-8-4-3-5-9-18/h1,3-10,16,19,23H,11-15H2,(H,24,27)(H,25,28). The number of likely N-dealkylation sites (tertiary alicyclic amines) is 1. The summed E-state index contributed by atoms with van der Waals surface area (Å²) in [6.07, 6.45) is 6.31. The Balaban J connectivity index is 1.54. The lowest BCUT2D eigenvalue weighted by molar-refractivity contribution is 0.0919. The number of rotatable bonds is 6. The molecule has 0 radical (unpaired) electrons. The third-order valence-electron chi connectivity index (χ3n) is 4.91. The molecule has 31 heavy (non-hydrogen) atoms. The number of carbonyl (C=O) groups excluding carboxylic acids is 2. The first-order valence-corrected chi connectivity index (χ1v) is 11.3. The van der Waals surface area contributed by atoms with Gasteiger partial charge in [-0.25, -0.2) is 13.2 Å². The zero-order valence-corrected chi connectivity index (χ0v) is 17.7. The third kappa shape index (κ3) is 6.07. The molecule has 0 unspecified atom stereocenters. The van der Waals surface area contributed by atoms with Crippen molar-refractivity contribution in [2.24, 2.45) is 0 Å². The third-order valence-corrected chi connectivity index (χ3v) is 6.31. The fourth-order valence-electron chi connectivity index (χ4n) is 3.24. The molecule has 0 bridgehead atoms. The quantitative estimate of drug-likeness (QED) is 0.598. The van der Waals surface area contributed by atoms with Crippen molar-refractivity contribution >= 4 is 27.6 Å². The Morgan fingerprint density at radius 2 is 1.77 bits per heavy atom. The van der Waals surface area contributed by atoms with Crippen molar-refractivity contribution in [2.75, 3.05) is 25.0 Å². The average molecular weight is 441 g/mol. The van der Waals surface area contributed by atoms with Crippen LogP contribution in [0.3, 0.4) is 0 Å². The highest BCUT2D eigenvalue weighted by molar-refractivity contribution is 7.89. The summed E-state index contributed by atoms with van der Waals surface area (Å²) in [5.74, 6) is 1.85. The molecule has 1 fully saturated rings. The minimum absolute atomic E-state index is 0.0252. The maximum absolute atomic E-state index is 12.6. The number of nitrogens with zero attached hydrogens (tertiary/aromatic N) is 1. The van der Waals surface area contributed by atoms with Gasteiger partial charge in [0.1, 0.15) is 0 Å². The molecule has 3 N–H and O–H groups in total. The number of carbonyl (C=O) groups is 2. The van der Waals surface area contributed by atoms with E-state index < -0.39 is 10.0 Å². The van der Waals surface area contributed by atoms with Crippen LogP contribution < -0.4 is 15.4 Å². The van der Waals surface area contributed by atoms with Crippen molar-refractivity contribution in [2.45, 2.75) is 23.8 Å². The number of sulfonamides is 1. The van der Waals surface area contributed by atoms with Crippen LogP contribution in [0, 0.1) is 12.3 Å². The lowest BCUT2D eigenvalue weighted by atomic mass is 10.0. The first-order chi connectivity index (χ1) is 14.9. The van der Waals surface area contributed by atoms with Crippen molar-refractivity contribution in [3.8, 4) is 12.3 Å². The van der Waals surface area contributed by atoms with Gasteiger partial charge in [-0.2, -0.15) is 4.72 Å². The van der Waals surface area contributed by atoms with Gasteiger partial charge >= 0.3 is 6.03 Å². The van der Waals surface area contributed by atoms with Crippen molar-refractivity contribution < 1.29 is 18.0 Å². The molecule has 162 valence electrons. The minimum atomic E-state index is -3.78. The van der Waals surface area contributed by atoms with E-state index in [1.54, 1.807) is 11.0 Å². The molecule has 3 amide bonds. The highest BCUT2D eigenvalue weighted by Crippen LogP contribution is 2.15. The summed E-state index contributed by atoms with van der Waals surface area (Å²) in [6, 6.07) is 14.7. The Kier molecular flexibility index (Phi) is 7.28. The molecule has 0 saturated carbocycles. The lowest BCUT2D eigenvalue weighted by Gasteiger charge is -2.32. The topological polar surface area (TPSA) is 108 Å². The first-order valence-electron chi connectivity index (χ1n) is 9.84. The van der Waals surface area contributed by atoms with Crippen LogP contribution in [0.1, 0.15) is 23.2 Å². The maximum Gasteiger partial charge on any atom is 0.321 e. The SMILES string of the molecule is C#CCNS(=O)(=O)c1cccc(C(=O)NC2CCN(C(=O)Nc3ccccc3)CC2)c1. The van der Waals surface area contributed by atoms with Crippen LogP contribution in [-0.4, -0.2) is 50.9 Å². The highest BCUT2D eigenvalue weighted by atomic mass is 32.2. The Hall–Kier alpha value is -3.35. The molecule has 8 nitrogen and oxygen atoms in total. The molecule has 1 aliphatic rings. The van der Waals surface area contributed by atoms with Crippen LogP contribution >= 0.6 is 0 Å². The second kappa shape index (κ2) is 10.1. The number of urea groups is 1. The van der Waals surface area contributed by atoms with Gasteiger partial charge in [-0.05, 0) is 43.2 Å². The molecule has 1 saturated heterocycles. The zero-order valence-electron chi connectivity index (χ0n) is 16.9. The van der Waals surface area contributed by atoms with Gasteiger partial charge in [0.25, 0.3) is 5.91 Å². The second-order valence-electron chi connectivity index (χ2n) is 7.09. The van der Waals surface area contributed by atoms with E-state index in [9.17, 15) is 18.0 Å². The number of amides is 3. The van der Waals surface area contributed by atoms with E-state index in [-0.39, 0.29) is 35.0 Å². The normalized spacial score (nSPS) is 14.5. The number of para-hydroxylation sites is 1. The number of benzene rings is 2. The maximum atomic E-state index is 12.6. The van der Waals surface area contributed by atoms with Gasteiger partial charge in [0.05, 0.1) is 11.4 Å². The van der Waals surface area contributed by atoms with Gasteiger partial charge in [-0.1, -0.05) is 30.2 Å². The number of anilines is 1. The monoisotopic (exact) mass is 440 g/mol. The molecule has 0 spiro atoms. The van der Waals surface area contributed by atoms with Crippen LogP contribution in [0.4, 0.5) is 10.5 Å². The number of terminal acetylenes is 1. The van der Waals surface area contributed by atoms with Gasteiger partial charge in [0, 0.05) is 30.4 Å². The minimum Gasteiger partial charge on any atom is -0.349 e. The molecule has 2 aromatic carbocycles. The van der Waals surface area contributed by atoms with Gasteiger partial charge in [0.2, 0.25) is 10.0 Å². The summed E-state index contributed by atoms with van der Waals surface area (Å²) in [4.78, 5) is 26.7. The van der Waals surface area contributed by atoms with E-state index in [1.807, 2.05) is 30.3 Å². The summed E-state index contributed by atoms with van der Waals surface area (Å²) in [5, 5.41) is 5.77. The largest absolute Gasteiger partial charge is 0.349 e. The molecule has 0 aromatic heterocycles. The fraction of sp³-hybridized carbons (Fsp3) is 0.273. The molecule has 9 heteroatoms. The predicted octanol–water partition coefficient (Wildman–Crippen LogP) is 2.02. The van der Waals surface area contributed by atoms with Crippen LogP contribution in [0.5, 0.6) is 0 Å². The van der Waals surface area contributed by atoms with Crippen molar-refractivity contribution in [3.63, 3.8) is 0 Å². The van der Waals surface area contributed by atoms with Crippen LogP contribution in [0.15, 0.2) is 59.5 Å². The molecule has 2 aromatic rings. The number of nitrogens with one attached hydrogen (secondary N) is 3. The summed E-state index contributed by atoms with van der Waals surface area (Å²) >= 11 is 0. The molecule has 0 atom stereocenters. The van der Waals surface area contributed by atoms with Crippen LogP contribution in [0.25, 0.3) is 0 Å². The summed E-state index contributed by atoms with van der Waals surface area (Å²) in [6.45, 7) is 0.886. The average Bonchev–Trinajstić information content (AvgIpc) is 2.79. The van der Waals surface area contributed by atoms with E-state index in [2.05, 4.69) is 21.3 Å². The zero-order chi connectivity index (χ0) is 22.3. The van der Waals surface area contributed by atoms with Crippen LogP contribution in [-0.2, 0) is 10.0 Å². The van der Waals surface area contributed by atoms with Crippen molar-refractivity contribution in [3.05, 3.63) is 60.2 Å². The van der Waals surface area contributed by atoms with Gasteiger partial charge in [0.15, 0.2) is 0 Å². The van der Waals surface area contributed by atoms with E-state index in [0.29, 0.717) is 25.9 Å². The highest BCUT2D eigenvalue weighted by Gasteiger charge is 2.24. The second-order valence-corrected chi connectivity index (χ2v) is 8.85. The van der Waals surface area contributed by atoms with E-state index in [0.717, 1.165) is 5.69 Å². The lowest BCUT2D eigenvalue weighted by Crippen LogP contribution is -2.47. The molecular weight excluding hydrogens is 416 g/mol. The van der Waals surface area contributed by atoms with Crippen molar-refractivity contribution in [1.82, 2.24) is 14.9 Å². The predicted molar refractivity (Wildman–Crippen MR) is 118 cm³/mol. The number of hydrogen-bond acceptors (Lipinski definition) is 4. The fourth-order valence-corrected chi connectivity index (χ4v) is 4.22. The molecule has 1 heterocycles. The smallest absolute Gasteiger partial charge is 0.321 e. The Bertz CT molecular complexity index is 1070. The molecule has 3 rings (SSSR count). The Labute approximate surface area is 182 Å². The van der Waals surface area contributed by atoms with Crippen molar-refractivity contribution in [1.29, 1.82) is 0 Å². The Morgan fingerprint density at radius 1 is 1.06 bits per heavy atom. The molecule has 0 aliphatic carbocycles. The van der Waals surface area contributed by atoms with E-state index in [4.69, 9.17) is 6.42 Å². The first kappa shape index (κ1) is 22.3. The Morgan fingerprint density at radius 3 is 2.45 bits per heavy atom. The molecular formula is C22H24N4O4S. The summed E-state index contributed by atoms with van der Waals surface area (Å²) in [5.41, 5.74) is 0.974. The van der Waals surface area contributed by atoms with E-state index >= 15 is 0 Å². The summed E-state index contributed by atoms with van der Waals surface area (Å²) in [7, 11) is -3.78. The number of hydrogen-bond donors (Lipinski definition) is 3. The van der Waals surface area contributed by atoms with Gasteiger partial charge < -0.3 is 15.5 Å². The summed E-state index contributed by atoms with van der Waals surface area (Å²) < 4.78 is 26.7.